The quantitative estimate of drug-likeness (QED) is 0.596. The number of hydrogen-bond acceptors (Lipinski definition) is 6. The molecule has 0 aliphatic rings. The van der Waals surface area contributed by atoms with E-state index in [9.17, 15) is 8.42 Å². The molecule has 3 rings (SSSR count). The Kier molecular flexibility index (Phi) is 4.77. The molecule has 0 saturated heterocycles. The first-order valence-electron chi connectivity index (χ1n) is 7.84. The van der Waals surface area contributed by atoms with Crippen LogP contribution in [0, 0.1) is 6.92 Å². The summed E-state index contributed by atoms with van der Waals surface area (Å²) in [7, 11) is -3.36. The van der Waals surface area contributed by atoms with Crippen LogP contribution in [0.2, 0.25) is 0 Å². The van der Waals surface area contributed by atoms with E-state index >= 15 is 0 Å². The van der Waals surface area contributed by atoms with Crippen molar-refractivity contribution < 1.29 is 8.42 Å². The summed E-state index contributed by atoms with van der Waals surface area (Å²) in [6.07, 6.45) is 2.77. The molecule has 0 atom stereocenters. The maximum atomic E-state index is 11.5. The maximum Gasteiger partial charge on any atom is 0.229 e. The van der Waals surface area contributed by atoms with Gasteiger partial charge in [0.25, 0.3) is 0 Å². The number of anilines is 4. The Bertz CT molecular complexity index is 1050. The molecule has 0 bridgehead atoms. The summed E-state index contributed by atoms with van der Waals surface area (Å²) in [6, 6.07) is 14.6. The van der Waals surface area contributed by atoms with Gasteiger partial charge in [-0.05, 0) is 42.8 Å². The molecule has 0 aliphatic heterocycles. The van der Waals surface area contributed by atoms with Crippen molar-refractivity contribution in [1.29, 1.82) is 0 Å². The second-order valence-corrected chi connectivity index (χ2v) is 7.67. The van der Waals surface area contributed by atoms with E-state index < -0.39 is 10.0 Å². The van der Waals surface area contributed by atoms with Gasteiger partial charge >= 0.3 is 0 Å². The fourth-order valence-electron chi connectivity index (χ4n) is 2.42. The zero-order chi connectivity index (χ0) is 18.7. The first-order chi connectivity index (χ1) is 12.3. The number of nitrogens with one attached hydrogen (secondary N) is 2. The summed E-state index contributed by atoms with van der Waals surface area (Å²) >= 11 is 0. The van der Waals surface area contributed by atoms with Crippen LogP contribution in [0.25, 0.3) is 11.3 Å². The van der Waals surface area contributed by atoms with Gasteiger partial charge < -0.3 is 11.1 Å². The van der Waals surface area contributed by atoms with Gasteiger partial charge in [-0.3, -0.25) is 4.72 Å². The summed E-state index contributed by atoms with van der Waals surface area (Å²) in [5, 5.41) is 3.09. The lowest BCUT2D eigenvalue weighted by Gasteiger charge is -2.11. The molecular formula is C18H19N5O2S. The van der Waals surface area contributed by atoms with Crippen LogP contribution >= 0.6 is 0 Å². The molecule has 0 saturated carbocycles. The van der Waals surface area contributed by atoms with Gasteiger partial charge in [0, 0.05) is 23.1 Å². The smallest absolute Gasteiger partial charge is 0.229 e. The van der Waals surface area contributed by atoms with Gasteiger partial charge in [-0.1, -0.05) is 18.2 Å². The highest BCUT2D eigenvalue weighted by atomic mass is 32.2. The van der Waals surface area contributed by atoms with Gasteiger partial charge in [-0.2, -0.15) is 0 Å². The highest BCUT2D eigenvalue weighted by molar-refractivity contribution is 7.92. The van der Waals surface area contributed by atoms with Gasteiger partial charge in [-0.25, -0.2) is 18.4 Å². The van der Waals surface area contributed by atoms with Gasteiger partial charge in [0.1, 0.15) is 0 Å². The summed E-state index contributed by atoms with van der Waals surface area (Å²) in [5.74, 6) is 0.402. The average Bonchev–Trinajstić information content (AvgIpc) is 2.57. The van der Waals surface area contributed by atoms with E-state index in [0.29, 0.717) is 23.0 Å². The van der Waals surface area contributed by atoms with E-state index in [4.69, 9.17) is 5.73 Å². The number of aryl methyl sites for hydroxylation is 1. The van der Waals surface area contributed by atoms with Crippen molar-refractivity contribution >= 4 is 33.0 Å². The minimum absolute atomic E-state index is 0.402. The lowest BCUT2D eigenvalue weighted by atomic mass is 10.1. The van der Waals surface area contributed by atoms with Crippen LogP contribution in [0.3, 0.4) is 0 Å². The highest BCUT2D eigenvalue weighted by Crippen LogP contribution is 2.24. The first kappa shape index (κ1) is 17.7. The number of hydrogen-bond donors (Lipinski definition) is 3. The molecule has 2 aromatic carbocycles. The summed E-state index contributed by atoms with van der Waals surface area (Å²) in [5.41, 5.74) is 10.1. The van der Waals surface area contributed by atoms with Crippen molar-refractivity contribution in [1.82, 2.24) is 9.97 Å². The van der Waals surface area contributed by atoms with Crippen LogP contribution in [-0.2, 0) is 10.0 Å². The first-order valence-corrected chi connectivity index (χ1v) is 9.74. The SMILES string of the molecule is Cc1ccc(Nc2nccc(-c3cccc(N)c3)n2)cc1NS(C)(=O)=O. The van der Waals surface area contributed by atoms with E-state index in [-0.39, 0.29) is 0 Å². The maximum absolute atomic E-state index is 11.5. The number of nitrogen functional groups attached to an aromatic ring is 1. The summed E-state index contributed by atoms with van der Waals surface area (Å²) in [4.78, 5) is 8.71. The van der Waals surface area contributed by atoms with Crippen molar-refractivity contribution in [2.45, 2.75) is 6.92 Å². The average molecular weight is 369 g/mol. The molecular weight excluding hydrogens is 350 g/mol. The third-order valence-electron chi connectivity index (χ3n) is 3.63. The molecule has 0 fully saturated rings. The zero-order valence-corrected chi connectivity index (χ0v) is 15.2. The third-order valence-corrected chi connectivity index (χ3v) is 4.22. The Balaban J connectivity index is 1.88. The molecule has 4 N–H and O–H groups in total. The minimum Gasteiger partial charge on any atom is -0.399 e. The van der Waals surface area contributed by atoms with E-state index in [2.05, 4.69) is 20.0 Å². The normalized spacial score (nSPS) is 11.2. The Hall–Kier alpha value is -3.13. The molecule has 3 aromatic rings. The summed E-state index contributed by atoms with van der Waals surface area (Å²) in [6.45, 7) is 1.83. The lowest BCUT2D eigenvalue weighted by Crippen LogP contribution is -2.11. The molecule has 0 radical (unpaired) electrons. The van der Waals surface area contributed by atoms with Crippen LogP contribution in [0.5, 0.6) is 0 Å². The molecule has 134 valence electrons. The number of sulfonamides is 1. The predicted octanol–water partition coefficient (Wildman–Crippen LogP) is 3.15. The Morgan fingerprint density at radius 3 is 2.62 bits per heavy atom. The Labute approximate surface area is 152 Å². The summed E-state index contributed by atoms with van der Waals surface area (Å²) < 4.78 is 25.5. The molecule has 1 heterocycles. The van der Waals surface area contributed by atoms with Crippen molar-refractivity contribution in [3.8, 4) is 11.3 Å². The van der Waals surface area contributed by atoms with Gasteiger partial charge in [-0.15, -0.1) is 0 Å². The van der Waals surface area contributed by atoms with Crippen LogP contribution in [-0.4, -0.2) is 24.6 Å². The molecule has 0 aliphatic carbocycles. The second-order valence-electron chi connectivity index (χ2n) is 5.92. The van der Waals surface area contributed by atoms with E-state index in [1.54, 1.807) is 18.3 Å². The van der Waals surface area contributed by atoms with Gasteiger partial charge in [0.05, 0.1) is 17.6 Å². The number of nitrogens with two attached hydrogens (primary N) is 1. The fraction of sp³-hybridized carbons (Fsp3) is 0.111. The van der Waals surface area contributed by atoms with E-state index in [1.165, 1.54) is 0 Å². The minimum atomic E-state index is -3.36. The number of nitrogens with zero attached hydrogens (tertiary/aromatic N) is 2. The molecule has 0 amide bonds. The van der Waals surface area contributed by atoms with Crippen molar-refractivity contribution in [3.05, 3.63) is 60.3 Å². The lowest BCUT2D eigenvalue weighted by molar-refractivity contribution is 0.607. The second kappa shape index (κ2) is 7.01. The molecule has 8 heteroatoms. The Morgan fingerprint density at radius 1 is 1.08 bits per heavy atom. The van der Waals surface area contributed by atoms with E-state index in [0.717, 1.165) is 23.1 Å². The monoisotopic (exact) mass is 369 g/mol. The predicted molar refractivity (Wildman–Crippen MR) is 105 cm³/mol. The Morgan fingerprint density at radius 2 is 1.88 bits per heavy atom. The topological polar surface area (TPSA) is 110 Å². The van der Waals surface area contributed by atoms with E-state index in [1.807, 2.05) is 43.3 Å². The van der Waals surface area contributed by atoms with Crippen molar-refractivity contribution in [3.63, 3.8) is 0 Å². The largest absolute Gasteiger partial charge is 0.399 e. The van der Waals surface area contributed by atoms with Gasteiger partial charge in [0.15, 0.2) is 0 Å². The molecule has 7 nitrogen and oxygen atoms in total. The molecule has 0 unspecified atom stereocenters. The van der Waals surface area contributed by atoms with Crippen LogP contribution in [0.4, 0.5) is 23.0 Å². The van der Waals surface area contributed by atoms with Crippen LogP contribution in [0.1, 0.15) is 5.56 Å². The fourth-order valence-corrected chi connectivity index (χ4v) is 3.04. The van der Waals surface area contributed by atoms with Crippen molar-refractivity contribution in [2.24, 2.45) is 0 Å². The zero-order valence-electron chi connectivity index (χ0n) is 14.4. The van der Waals surface area contributed by atoms with Crippen LogP contribution in [0.15, 0.2) is 54.7 Å². The van der Waals surface area contributed by atoms with Crippen LogP contribution < -0.4 is 15.8 Å². The number of benzene rings is 2. The standard InChI is InChI=1S/C18H19N5O2S/c1-12-6-7-15(11-17(12)23-26(2,24)25)21-18-20-9-8-16(22-18)13-4-3-5-14(19)10-13/h3-11,23H,19H2,1-2H3,(H,20,21,22). The number of aromatic nitrogens is 2. The van der Waals surface area contributed by atoms with Gasteiger partial charge in [0.2, 0.25) is 16.0 Å². The molecule has 1 aromatic heterocycles. The van der Waals surface area contributed by atoms with Crippen molar-refractivity contribution in [2.75, 3.05) is 22.0 Å². The number of rotatable bonds is 5. The molecule has 0 spiro atoms. The molecule has 26 heavy (non-hydrogen) atoms. The highest BCUT2D eigenvalue weighted by Gasteiger charge is 2.08. The third kappa shape index (κ3) is 4.48.